The van der Waals surface area contributed by atoms with Gasteiger partial charge in [-0.15, -0.1) is 0 Å². The molecule has 0 bridgehead atoms. The molecular formula is C4H10N2O2S. The van der Waals surface area contributed by atoms with Crippen LogP contribution in [-0.2, 0) is 10.2 Å². The smallest absolute Gasteiger partial charge is 0.216 e. The molecule has 1 aliphatic carbocycles. The van der Waals surface area contributed by atoms with Crippen LogP contribution in [0.25, 0.3) is 0 Å². The standard InChI is InChI=1S/C4H10N2O2S/c5-9(7,8)6-4-2-1-3-4/h4,6H,1-3H2,(H2,5,7,8). The maximum atomic E-state index is 10.3. The first-order valence-corrected chi connectivity index (χ1v) is 4.42. The molecule has 5 heteroatoms. The monoisotopic (exact) mass is 150 g/mol. The average Bonchev–Trinajstić information content (AvgIpc) is 1.53. The van der Waals surface area contributed by atoms with Crippen molar-refractivity contribution in [1.82, 2.24) is 4.72 Å². The Morgan fingerprint density at radius 1 is 1.44 bits per heavy atom. The highest BCUT2D eigenvalue weighted by Crippen LogP contribution is 2.17. The van der Waals surface area contributed by atoms with E-state index in [-0.39, 0.29) is 6.04 Å². The van der Waals surface area contributed by atoms with E-state index in [4.69, 9.17) is 5.14 Å². The fourth-order valence-corrected chi connectivity index (χ4v) is 1.46. The molecule has 0 aromatic heterocycles. The van der Waals surface area contributed by atoms with Crippen molar-refractivity contribution in [3.05, 3.63) is 0 Å². The Bertz CT molecular complexity index is 183. The van der Waals surface area contributed by atoms with Gasteiger partial charge >= 0.3 is 0 Å². The van der Waals surface area contributed by atoms with Crippen molar-refractivity contribution in [2.75, 3.05) is 0 Å². The molecule has 4 nitrogen and oxygen atoms in total. The largest absolute Gasteiger partial charge is 0.274 e. The fraction of sp³-hybridized carbons (Fsp3) is 1.00. The molecule has 0 heterocycles. The summed E-state index contributed by atoms with van der Waals surface area (Å²) in [7, 11) is -3.43. The van der Waals surface area contributed by atoms with Crippen molar-refractivity contribution in [3.8, 4) is 0 Å². The molecular weight excluding hydrogens is 140 g/mol. The Morgan fingerprint density at radius 3 is 2.11 bits per heavy atom. The van der Waals surface area contributed by atoms with E-state index in [1.165, 1.54) is 0 Å². The van der Waals surface area contributed by atoms with E-state index in [9.17, 15) is 8.42 Å². The van der Waals surface area contributed by atoms with Gasteiger partial charge in [-0.1, -0.05) is 6.42 Å². The predicted molar refractivity (Wildman–Crippen MR) is 33.9 cm³/mol. The minimum absolute atomic E-state index is 0.111. The van der Waals surface area contributed by atoms with Crippen LogP contribution in [0.1, 0.15) is 19.3 Å². The third kappa shape index (κ3) is 2.30. The first-order valence-electron chi connectivity index (χ1n) is 2.88. The van der Waals surface area contributed by atoms with Gasteiger partial charge in [0.2, 0.25) is 0 Å². The number of nitrogens with one attached hydrogen (secondary N) is 1. The highest BCUT2D eigenvalue weighted by atomic mass is 32.2. The first-order chi connectivity index (χ1) is 4.08. The molecule has 1 saturated carbocycles. The van der Waals surface area contributed by atoms with Crippen molar-refractivity contribution < 1.29 is 8.42 Å². The van der Waals surface area contributed by atoms with E-state index in [1.807, 2.05) is 0 Å². The number of nitrogens with two attached hydrogens (primary N) is 1. The van der Waals surface area contributed by atoms with E-state index in [2.05, 4.69) is 4.72 Å². The second kappa shape index (κ2) is 2.24. The molecule has 0 aromatic carbocycles. The van der Waals surface area contributed by atoms with E-state index in [0.29, 0.717) is 0 Å². The summed E-state index contributed by atoms with van der Waals surface area (Å²) < 4.78 is 22.9. The zero-order valence-electron chi connectivity index (χ0n) is 5.00. The number of hydrogen-bond donors (Lipinski definition) is 2. The third-order valence-corrected chi connectivity index (χ3v) is 2.10. The molecule has 0 amide bonds. The van der Waals surface area contributed by atoms with Crippen LogP contribution in [0.5, 0.6) is 0 Å². The molecule has 3 N–H and O–H groups in total. The van der Waals surface area contributed by atoms with Crippen LogP contribution in [0.2, 0.25) is 0 Å². The van der Waals surface area contributed by atoms with Gasteiger partial charge in [-0.2, -0.15) is 13.1 Å². The number of rotatable bonds is 2. The molecule has 0 spiro atoms. The van der Waals surface area contributed by atoms with E-state index < -0.39 is 10.2 Å². The lowest BCUT2D eigenvalue weighted by Crippen LogP contribution is -2.42. The maximum absolute atomic E-state index is 10.3. The molecule has 1 rings (SSSR count). The highest BCUT2D eigenvalue weighted by Gasteiger charge is 2.20. The lowest BCUT2D eigenvalue weighted by Gasteiger charge is -2.24. The van der Waals surface area contributed by atoms with Crippen molar-refractivity contribution in [2.45, 2.75) is 25.3 Å². The predicted octanol–water partition coefficient (Wildman–Crippen LogP) is -0.668. The molecule has 9 heavy (non-hydrogen) atoms. The zero-order chi connectivity index (χ0) is 6.91. The van der Waals surface area contributed by atoms with Crippen molar-refractivity contribution >= 4 is 10.2 Å². The lowest BCUT2D eigenvalue weighted by molar-refractivity contribution is 0.383. The van der Waals surface area contributed by atoms with Crippen molar-refractivity contribution in [1.29, 1.82) is 0 Å². The Labute approximate surface area is 54.6 Å². The van der Waals surface area contributed by atoms with Gasteiger partial charge in [-0.05, 0) is 12.8 Å². The highest BCUT2D eigenvalue weighted by molar-refractivity contribution is 7.87. The minimum atomic E-state index is -3.43. The summed E-state index contributed by atoms with van der Waals surface area (Å²) in [5.74, 6) is 0. The van der Waals surface area contributed by atoms with Crippen LogP contribution in [0.3, 0.4) is 0 Å². The van der Waals surface area contributed by atoms with E-state index >= 15 is 0 Å². The fourth-order valence-electron chi connectivity index (χ4n) is 0.758. The maximum Gasteiger partial charge on any atom is 0.274 e. The van der Waals surface area contributed by atoms with Crippen molar-refractivity contribution in [2.24, 2.45) is 5.14 Å². The van der Waals surface area contributed by atoms with Gasteiger partial charge in [0.05, 0.1) is 0 Å². The van der Waals surface area contributed by atoms with Crippen LogP contribution in [-0.4, -0.2) is 14.5 Å². The normalized spacial score (nSPS) is 21.4. The summed E-state index contributed by atoms with van der Waals surface area (Å²) >= 11 is 0. The van der Waals surface area contributed by atoms with Gasteiger partial charge < -0.3 is 0 Å². The third-order valence-electron chi connectivity index (χ3n) is 1.44. The van der Waals surface area contributed by atoms with Gasteiger partial charge in [0.1, 0.15) is 0 Å². The molecule has 0 saturated heterocycles. The first kappa shape index (κ1) is 6.98. The summed E-state index contributed by atoms with van der Waals surface area (Å²) in [6.45, 7) is 0. The Hall–Kier alpha value is -0.130. The number of hydrogen-bond acceptors (Lipinski definition) is 2. The Morgan fingerprint density at radius 2 is 2.00 bits per heavy atom. The second-order valence-electron chi connectivity index (χ2n) is 2.29. The van der Waals surface area contributed by atoms with Crippen LogP contribution >= 0.6 is 0 Å². The molecule has 0 aliphatic heterocycles. The van der Waals surface area contributed by atoms with E-state index in [0.717, 1.165) is 19.3 Å². The topological polar surface area (TPSA) is 72.2 Å². The Balaban J connectivity index is 2.33. The van der Waals surface area contributed by atoms with Gasteiger partial charge in [-0.3, -0.25) is 0 Å². The SMILES string of the molecule is NS(=O)(=O)NC1CCC1. The summed E-state index contributed by atoms with van der Waals surface area (Å²) in [4.78, 5) is 0. The molecule has 0 radical (unpaired) electrons. The molecule has 54 valence electrons. The summed E-state index contributed by atoms with van der Waals surface area (Å²) in [6, 6.07) is 0.111. The second-order valence-corrected chi connectivity index (χ2v) is 3.62. The summed E-state index contributed by atoms with van der Waals surface area (Å²) in [5.41, 5.74) is 0. The molecule has 1 fully saturated rings. The van der Waals surface area contributed by atoms with Crippen LogP contribution in [0.15, 0.2) is 0 Å². The summed E-state index contributed by atoms with van der Waals surface area (Å²) in [6.07, 6.45) is 2.96. The minimum Gasteiger partial charge on any atom is -0.216 e. The average molecular weight is 150 g/mol. The Kier molecular flexibility index (Phi) is 1.74. The lowest BCUT2D eigenvalue weighted by atomic mass is 9.94. The molecule has 0 unspecified atom stereocenters. The van der Waals surface area contributed by atoms with Crippen LogP contribution < -0.4 is 9.86 Å². The van der Waals surface area contributed by atoms with Gasteiger partial charge in [-0.25, -0.2) is 5.14 Å². The van der Waals surface area contributed by atoms with Gasteiger partial charge in [0.25, 0.3) is 10.2 Å². The molecule has 0 aromatic rings. The van der Waals surface area contributed by atoms with E-state index in [1.54, 1.807) is 0 Å². The van der Waals surface area contributed by atoms with Crippen LogP contribution in [0.4, 0.5) is 0 Å². The van der Waals surface area contributed by atoms with Gasteiger partial charge in [0.15, 0.2) is 0 Å². The quantitative estimate of drug-likeness (QED) is 0.548. The van der Waals surface area contributed by atoms with Crippen LogP contribution in [0, 0.1) is 0 Å². The molecule has 1 aliphatic rings. The summed E-state index contributed by atoms with van der Waals surface area (Å²) in [5, 5.41) is 4.71. The van der Waals surface area contributed by atoms with Gasteiger partial charge in [0, 0.05) is 6.04 Å². The molecule has 0 atom stereocenters. The zero-order valence-corrected chi connectivity index (χ0v) is 5.82. The van der Waals surface area contributed by atoms with Crippen molar-refractivity contribution in [3.63, 3.8) is 0 Å².